The van der Waals surface area contributed by atoms with Crippen molar-refractivity contribution in [2.75, 3.05) is 38.3 Å². The molecule has 160 valence electrons. The Morgan fingerprint density at radius 2 is 1.97 bits per heavy atom. The van der Waals surface area contributed by atoms with Gasteiger partial charge in [0.2, 0.25) is 0 Å². The molecule has 3 aromatic rings. The number of nitro benzene ring substituents is 1. The molecule has 2 heterocycles. The highest BCUT2D eigenvalue weighted by Crippen LogP contribution is 2.33. The lowest BCUT2D eigenvalue weighted by Gasteiger charge is -2.28. The van der Waals surface area contributed by atoms with E-state index in [1.54, 1.807) is 0 Å². The number of non-ortho nitro benzene ring substituents is 1. The van der Waals surface area contributed by atoms with Crippen LogP contribution in [-0.4, -0.2) is 50.5 Å². The van der Waals surface area contributed by atoms with Crippen molar-refractivity contribution in [1.29, 1.82) is 0 Å². The largest absolute Gasteiger partial charge is 0.493 e. The molecule has 10 heteroatoms. The number of nitro groups is 1. The first-order valence-corrected chi connectivity index (χ1v) is 9.57. The molecule has 4 rings (SSSR count). The maximum atomic E-state index is 12.4. The fourth-order valence-corrected chi connectivity index (χ4v) is 3.29. The summed E-state index contributed by atoms with van der Waals surface area (Å²) >= 11 is 0. The minimum atomic E-state index is -0.581. The topological polar surface area (TPSA) is 119 Å². The van der Waals surface area contributed by atoms with Gasteiger partial charge in [-0.2, -0.15) is 5.10 Å². The number of nitrogens with zero attached hydrogens (tertiary/aromatic N) is 3. The number of morpholine rings is 1. The first-order chi connectivity index (χ1) is 15.0. The Bertz CT molecular complexity index is 1130. The van der Waals surface area contributed by atoms with Crippen molar-refractivity contribution in [3.63, 3.8) is 0 Å². The van der Waals surface area contributed by atoms with Crippen molar-refractivity contribution >= 4 is 34.5 Å². The number of carbonyl (C=O) groups excluding carboxylic acids is 1. The van der Waals surface area contributed by atoms with Crippen LogP contribution in [0.15, 0.2) is 52.0 Å². The number of hydrazone groups is 1. The number of carbonyl (C=O) groups is 1. The molecule has 0 unspecified atom stereocenters. The molecule has 10 nitrogen and oxygen atoms in total. The third-order valence-electron chi connectivity index (χ3n) is 4.87. The molecular weight excluding hydrogens is 404 g/mol. The van der Waals surface area contributed by atoms with E-state index < -0.39 is 10.8 Å². The summed E-state index contributed by atoms with van der Waals surface area (Å²) in [5.74, 6) is -0.442. The van der Waals surface area contributed by atoms with Crippen molar-refractivity contribution in [3.05, 3.63) is 63.9 Å². The SMILES string of the molecule is COc1cc([N+](=O)[O-])cc2cc(C(=O)N/N=C\c3ccc(N4CCOCC4)cc3)oc12. The number of benzene rings is 2. The third-order valence-corrected chi connectivity index (χ3v) is 4.87. The summed E-state index contributed by atoms with van der Waals surface area (Å²) in [6.07, 6.45) is 1.52. The number of nitrogens with one attached hydrogen (secondary N) is 1. The highest BCUT2D eigenvalue weighted by atomic mass is 16.6. The van der Waals surface area contributed by atoms with Crippen LogP contribution in [0.2, 0.25) is 0 Å². The van der Waals surface area contributed by atoms with Crippen LogP contribution in [0.3, 0.4) is 0 Å². The first kappa shape index (κ1) is 20.4. The number of amides is 1. The Morgan fingerprint density at radius 1 is 1.23 bits per heavy atom. The lowest BCUT2D eigenvalue weighted by Crippen LogP contribution is -2.36. The zero-order valence-corrected chi connectivity index (χ0v) is 16.7. The molecule has 2 aromatic carbocycles. The number of ether oxygens (including phenoxy) is 2. The lowest BCUT2D eigenvalue weighted by atomic mass is 10.2. The van der Waals surface area contributed by atoms with Crippen molar-refractivity contribution in [2.24, 2.45) is 5.10 Å². The second-order valence-electron chi connectivity index (χ2n) is 6.82. The number of methoxy groups -OCH3 is 1. The normalized spacial score (nSPS) is 14.2. The molecule has 31 heavy (non-hydrogen) atoms. The summed E-state index contributed by atoms with van der Waals surface area (Å²) in [5, 5.41) is 15.4. The number of furan rings is 1. The summed E-state index contributed by atoms with van der Waals surface area (Å²) < 4.78 is 16.0. The van der Waals surface area contributed by atoms with E-state index in [4.69, 9.17) is 13.9 Å². The van der Waals surface area contributed by atoms with Crippen LogP contribution in [0.5, 0.6) is 5.75 Å². The van der Waals surface area contributed by atoms with E-state index in [0.29, 0.717) is 5.39 Å². The average Bonchev–Trinajstić information content (AvgIpc) is 3.24. The van der Waals surface area contributed by atoms with E-state index in [2.05, 4.69) is 15.4 Å². The quantitative estimate of drug-likeness (QED) is 0.367. The van der Waals surface area contributed by atoms with Gasteiger partial charge in [0.25, 0.3) is 5.69 Å². The standard InChI is InChI=1S/C21H20N4O6/c1-29-18-12-17(25(27)28)10-15-11-19(31-20(15)18)21(26)23-22-13-14-2-4-16(5-3-14)24-6-8-30-9-7-24/h2-5,10-13H,6-9H2,1H3,(H,23,26)/b22-13-. The first-order valence-electron chi connectivity index (χ1n) is 9.57. The molecule has 0 radical (unpaired) electrons. The molecular formula is C21H20N4O6. The van der Waals surface area contributed by atoms with E-state index in [1.807, 2.05) is 24.3 Å². The maximum Gasteiger partial charge on any atom is 0.307 e. The predicted octanol–water partition coefficient (Wildman–Crippen LogP) is 2.95. The van der Waals surface area contributed by atoms with E-state index in [1.165, 1.54) is 31.5 Å². The molecule has 1 aliphatic rings. The number of rotatable bonds is 6. The highest BCUT2D eigenvalue weighted by Gasteiger charge is 2.19. The fourth-order valence-electron chi connectivity index (χ4n) is 3.29. The molecule has 0 bridgehead atoms. The number of anilines is 1. The van der Waals surface area contributed by atoms with Crippen molar-refractivity contribution in [1.82, 2.24) is 5.43 Å². The summed E-state index contributed by atoms with van der Waals surface area (Å²) in [7, 11) is 1.37. The second kappa shape index (κ2) is 8.84. The van der Waals surface area contributed by atoms with Gasteiger partial charge in [-0.25, -0.2) is 5.43 Å². The van der Waals surface area contributed by atoms with Gasteiger partial charge in [-0.1, -0.05) is 12.1 Å². The average molecular weight is 424 g/mol. The van der Waals surface area contributed by atoms with E-state index in [0.717, 1.165) is 37.6 Å². The summed E-state index contributed by atoms with van der Waals surface area (Å²) in [6.45, 7) is 3.15. The Labute approximate surface area is 177 Å². The second-order valence-corrected chi connectivity index (χ2v) is 6.82. The Hall–Kier alpha value is -3.92. The van der Waals surface area contributed by atoms with E-state index in [9.17, 15) is 14.9 Å². The molecule has 1 aliphatic heterocycles. The van der Waals surface area contributed by atoms with Crippen LogP contribution < -0.4 is 15.1 Å². The van der Waals surface area contributed by atoms with Crippen LogP contribution in [0.1, 0.15) is 16.1 Å². The van der Waals surface area contributed by atoms with Crippen LogP contribution in [0.25, 0.3) is 11.0 Å². The van der Waals surface area contributed by atoms with Gasteiger partial charge < -0.3 is 18.8 Å². The molecule has 0 aliphatic carbocycles. The van der Waals surface area contributed by atoms with Crippen LogP contribution in [0.4, 0.5) is 11.4 Å². The molecule has 1 aromatic heterocycles. The Kier molecular flexibility index (Phi) is 5.80. The predicted molar refractivity (Wildman–Crippen MR) is 114 cm³/mol. The smallest absolute Gasteiger partial charge is 0.307 e. The van der Waals surface area contributed by atoms with Crippen molar-refractivity contribution in [2.45, 2.75) is 0 Å². The molecule has 0 spiro atoms. The summed E-state index contributed by atoms with van der Waals surface area (Å²) in [5.41, 5.74) is 4.42. The van der Waals surface area contributed by atoms with Gasteiger partial charge >= 0.3 is 5.91 Å². The van der Waals surface area contributed by atoms with E-state index in [-0.39, 0.29) is 22.8 Å². The molecule has 0 atom stereocenters. The summed E-state index contributed by atoms with van der Waals surface area (Å²) in [4.78, 5) is 25.1. The van der Waals surface area contributed by atoms with Gasteiger partial charge in [0.15, 0.2) is 17.1 Å². The van der Waals surface area contributed by atoms with Gasteiger partial charge in [-0.3, -0.25) is 14.9 Å². The number of fused-ring (bicyclic) bond motifs is 1. The maximum absolute atomic E-state index is 12.4. The van der Waals surface area contributed by atoms with Crippen LogP contribution in [-0.2, 0) is 4.74 Å². The van der Waals surface area contributed by atoms with Gasteiger partial charge in [-0.05, 0) is 23.8 Å². The van der Waals surface area contributed by atoms with Gasteiger partial charge in [-0.15, -0.1) is 0 Å². The zero-order valence-electron chi connectivity index (χ0n) is 16.7. The lowest BCUT2D eigenvalue weighted by molar-refractivity contribution is -0.384. The zero-order chi connectivity index (χ0) is 21.8. The molecule has 1 amide bonds. The monoisotopic (exact) mass is 424 g/mol. The Balaban J connectivity index is 1.44. The van der Waals surface area contributed by atoms with Gasteiger partial charge in [0.05, 0.1) is 37.5 Å². The van der Waals surface area contributed by atoms with Crippen LogP contribution in [0, 0.1) is 10.1 Å². The van der Waals surface area contributed by atoms with E-state index >= 15 is 0 Å². The molecule has 1 fully saturated rings. The molecule has 1 saturated heterocycles. The molecule has 1 N–H and O–H groups in total. The van der Waals surface area contributed by atoms with Gasteiger partial charge in [0, 0.05) is 30.2 Å². The highest BCUT2D eigenvalue weighted by molar-refractivity contribution is 5.98. The summed E-state index contributed by atoms with van der Waals surface area (Å²) in [6, 6.07) is 11.8. The fraction of sp³-hybridized carbons (Fsp3) is 0.238. The third kappa shape index (κ3) is 4.48. The Morgan fingerprint density at radius 3 is 2.65 bits per heavy atom. The van der Waals surface area contributed by atoms with Crippen LogP contribution >= 0.6 is 0 Å². The van der Waals surface area contributed by atoms with Gasteiger partial charge in [0.1, 0.15) is 0 Å². The van der Waals surface area contributed by atoms with Crippen molar-refractivity contribution < 1.29 is 23.6 Å². The number of hydrogen-bond acceptors (Lipinski definition) is 8. The minimum absolute atomic E-state index is 0.0337. The van der Waals surface area contributed by atoms with Crippen molar-refractivity contribution in [3.8, 4) is 5.75 Å². The molecule has 0 saturated carbocycles. The number of hydrogen-bond donors (Lipinski definition) is 1. The minimum Gasteiger partial charge on any atom is -0.493 e.